The van der Waals surface area contributed by atoms with Crippen molar-refractivity contribution in [3.05, 3.63) is 64.2 Å². The van der Waals surface area contributed by atoms with E-state index in [4.69, 9.17) is 11.6 Å². The molecule has 0 radical (unpaired) electrons. The SMILES string of the molecule is CC1CC(c2cccc(N3Cc4c(cc(C(C)Cl)cc4C(F)(F)F)C3=O)c2)C1. The van der Waals surface area contributed by atoms with E-state index in [0.29, 0.717) is 23.1 Å². The maximum absolute atomic E-state index is 13.6. The van der Waals surface area contributed by atoms with Crippen molar-refractivity contribution >= 4 is 23.2 Å². The summed E-state index contributed by atoms with van der Waals surface area (Å²) in [5.74, 6) is 0.750. The molecule has 2 aliphatic rings. The predicted molar refractivity (Wildman–Crippen MR) is 104 cm³/mol. The normalized spacial score (nSPS) is 22.8. The van der Waals surface area contributed by atoms with Crippen molar-refractivity contribution in [3.63, 3.8) is 0 Å². The Labute approximate surface area is 167 Å². The second-order valence-electron chi connectivity index (χ2n) is 7.97. The van der Waals surface area contributed by atoms with Crippen molar-refractivity contribution in [2.75, 3.05) is 4.90 Å². The van der Waals surface area contributed by atoms with Crippen LogP contribution >= 0.6 is 11.6 Å². The highest BCUT2D eigenvalue weighted by Crippen LogP contribution is 2.44. The summed E-state index contributed by atoms with van der Waals surface area (Å²) in [6, 6.07) is 10.2. The molecule has 1 aliphatic carbocycles. The van der Waals surface area contributed by atoms with E-state index in [1.54, 1.807) is 13.0 Å². The maximum atomic E-state index is 13.6. The van der Waals surface area contributed by atoms with Crippen molar-refractivity contribution in [1.29, 1.82) is 0 Å². The molecular formula is C22H21ClF3NO. The van der Waals surface area contributed by atoms with Crippen molar-refractivity contribution in [2.45, 2.75) is 50.7 Å². The summed E-state index contributed by atoms with van der Waals surface area (Å²) >= 11 is 6.03. The van der Waals surface area contributed by atoms with Crippen LogP contribution in [-0.2, 0) is 12.7 Å². The first-order chi connectivity index (χ1) is 13.1. The second kappa shape index (κ2) is 6.80. The third-order valence-corrected chi connectivity index (χ3v) is 6.11. The molecule has 1 unspecified atom stereocenters. The smallest absolute Gasteiger partial charge is 0.304 e. The van der Waals surface area contributed by atoms with Gasteiger partial charge in [0.25, 0.3) is 5.91 Å². The van der Waals surface area contributed by atoms with Gasteiger partial charge in [-0.05, 0) is 72.6 Å². The van der Waals surface area contributed by atoms with Crippen molar-refractivity contribution in [2.24, 2.45) is 5.92 Å². The largest absolute Gasteiger partial charge is 0.416 e. The van der Waals surface area contributed by atoms with Gasteiger partial charge in [0.2, 0.25) is 0 Å². The van der Waals surface area contributed by atoms with E-state index in [1.165, 1.54) is 11.0 Å². The fraction of sp³-hybridized carbons (Fsp3) is 0.409. The van der Waals surface area contributed by atoms with E-state index in [1.807, 2.05) is 18.2 Å². The number of alkyl halides is 4. The van der Waals surface area contributed by atoms with Gasteiger partial charge in [0.05, 0.1) is 17.5 Å². The molecular weight excluding hydrogens is 387 g/mol. The third-order valence-electron chi connectivity index (χ3n) is 5.86. The van der Waals surface area contributed by atoms with Gasteiger partial charge in [0.15, 0.2) is 0 Å². The van der Waals surface area contributed by atoms with Crippen LogP contribution in [-0.4, -0.2) is 5.91 Å². The zero-order valence-corrected chi connectivity index (χ0v) is 16.4. The van der Waals surface area contributed by atoms with Gasteiger partial charge >= 0.3 is 6.18 Å². The average Bonchev–Trinajstić information content (AvgIpc) is 2.94. The number of carbonyl (C=O) groups excluding carboxylic acids is 1. The van der Waals surface area contributed by atoms with E-state index >= 15 is 0 Å². The lowest BCUT2D eigenvalue weighted by Crippen LogP contribution is -2.24. The molecule has 2 nitrogen and oxygen atoms in total. The summed E-state index contributed by atoms with van der Waals surface area (Å²) in [4.78, 5) is 14.4. The fourth-order valence-electron chi connectivity index (χ4n) is 4.24. The molecule has 0 saturated heterocycles. The standard InChI is InChI=1S/C22H21ClF3NO/c1-12-6-16(7-12)14-4-3-5-17(8-14)27-11-19-18(21(27)28)9-15(13(2)23)10-20(19)22(24,25)26/h3-5,8-10,12-13,16H,6-7,11H2,1-2H3. The predicted octanol–water partition coefficient (Wildman–Crippen LogP) is 6.68. The number of anilines is 1. The number of benzene rings is 2. The fourth-order valence-corrected chi connectivity index (χ4v) is 4.37. The monoisotopic (exact) mass is 407 g/mol. The molecule has 1 amide bonds. The van der Waals surface area contributed by atoms with Crippen LogP contribution in [0.1, 0.15) is 70.6 Å². The van der Waals surface area contributed by atoms with Gasteiger partial charge in [-0.3, -0.25) is 4.79 Å². The zero-order chi connectivity index (χ0) is 20.2. The summed E-state index contributed by atoms with van der Waals surface area (Å²) in [5, 5.41) is -0.614. The number of nitrogens with zero attached hydrogens (tertiary/aromatic N) is 1. The lowest BCUT2D eigenvalue weighted by molar-refractivity contribution is -0.138. The van der Waals surface area contributed by atoms with Crippen LogP contribution < -0.4 is 4.90 Å². The van der Waals surface area contributed by atoms with Gasteiger partial charge in [-0.2, -0.15) is 13.2 Å². The molecule has 1 atom stereocenters. The molecule has 28 heavy (non-hydrogen) atoms. The minimum absolute atomic E-state index is 0.0289. The van der Waals surface area contributed by atoms with Crippen molar-refractivity contribution in [3.8, 4) is 0 Å². The Morgan fingerprint density at radius 1 is 1.18 bits per heavy atom. The van der Waals surface area contributed by atoms with Gasteiger partial charge in [0, 0.05) is 11.3 Å². The Morgan fingerprint density at radius 2 is 1.89 bits per heavy atom. The molecule has 1 aliphatic heterocycles. The first kappa shape index (κ1) is 19.3. The van der Waals surface area contributed by atoms with E-state index < -0.39 is 23.0 Å². The van der Waals surface area contributed by atoms with Crippen LogP contribution in [0.3, 0.4) is 0 Å². The molecule has 4 rings (SSSR count). The van der Waals surface area contributed by atoms with Gasteiger partial charge in [-0.15, -0.1) is 11.6 Å². The Hall–Kier alpha value is -2.01. The highest BCUT2D eigenvalue weighted by Gasteiger charge is 2.41. The number of hydrogen-bond donors (Lipinski definition) is 0. The topological polar surface area (TPSA) is 20.3 Å². The lowest BCUT2D eigenvalue weighted by Gasteiger charge is -2.33. The number of carbonyl (C=O) groups is 1. The molecule has 1 saturated carbocycles. The molecule has 6 heteroatoms. The van der Waals surface area contributed by atoms with Crippen LogP contribution in [0.5, 0.6) is 0 Å². The summed E-state index contributed by atoms with van der Waals surface area (Å²) in [6.45, 7) is 3.73. The van der Waals surface area contributed by atoms with Gasteiger partial charge < -0.3 is 4.90 Å². The summed E-state index contributed by atoms with van der Waals surface area (Å²) < 4.78 is 40.9. The molecule has 0 bridgehead atoms. The highest BCUT2D eigenvalue weighted by molar-refractivity contribution is 6.20. The Morgan fingerprint density at radius 3 is 2.50 bits per heavy atom. The van der Waals surface area contributed by atoms with Gasteiger partial charge in [0.1, 0.15) is 0 Å². The lowest BCUT2D eigenvalue weighted by atomic mass is 9.72. The van der Waals surface area contributed by atoms with Crippen LogP contribution in [0.4, 0.5) is 18.9 Å². The van der Waals surface area contributed by atoms with Crippen LogP contribution in [0, 0.1) is 5.92 Å². The molecule has 148 valence electrons. The minimum atomic E-state index is -4.54. The Bertz CT molecular complexity index is 932. The number of fused-ring (bicyclic) bond motifs is 1. The average molecular weight is 408 g/mol. The van der Waals surface area contributed by atoms with E-state index in [0.717, 1.165) is 24.5 Å². The third kappa shape index (κ3) is 3.30. The molecule has 0 aromatic heterocycles. The Balaban J connectivity index is 1.72. The number of amides is 1. The van der Waals surface area contributed by atoms with E-state index in [9.17, 15) is 18.0 Å². The van der Waals surface area contributed by atoms with Gasteiger partial charge in [-0.1, -0.05) is 19.1 Å². The van der Waals surface area contributed by atoms with Crippen molar-refractivity contribution in [1.82, 2.24) is 0 Å². The maximum Gasteiger partial charge on any atom is 0.416 e. The molecule has 1 heterocycles. The number of halogens is 4. The van der Waals surface area contributed by atoms with Gasteiger partial charge in [-0.25, -0.2) is 0 Å². The molecule has 2 aromatic carbocycles. The van der Waals surface area contributed by atoms with Crippen LogP contribution in [0.15, 0.2) is 36.4 Å². The van der Waals surface area contributed by atoms with E-state index in [2.05, 4.69) is 6.92 Å². The Kier molecular flexibility index (Phi) is 4.69. The second-order valence-corrected chi connectivity index (χ2v) is 8.62. The molecule has 0 N–H and O–H groups in total. The minimum Gasteiger partial charge on any atom is -0.304 e. The molecule has 0 spiro atoms. The van der Waals surface area contributed by atoms with Crippen LogP contribution in [0.2, 0.25) is 0 Å². The first-order valence-corrected chi connectivity index (χ1v) is 9.88. The highest BCUT2D eigenvalue weighted by atomic mass is 35.5. The molecule has 1 fully saturated rings. The van der Waals surface area contributed by atoms with Crippen molar-refractivity contribution < 1.29 is 18.0 Å². The quantitative estimate of drug-likeness (QED) is 0.520. The zero-order valence-electron chi connectivity index (χ0n) is 15.7. The molecule has 2 aromatic rings. The summed E-state index contributed by atoms with van der Waals surface area (Å²) in [6.07, 6.45) is -2.33. The number of rotatable bonds is 3. The summed E-state index contributed by atoms with van der Waals surface area (Å²) in [7, 11) is 0. The number of hydrogen-bond acceptors (Lipinski definition) is 1. The van der Waals surface area contributed by atoms with E-state index in [-0.39, 0.29) is 17.7 Å². The summed E-state index contributed by atoms with van der Waals surface area (Å²) in [5.41, 5.74) is 1.45. The first-order valence-electron chi connectivity index (χ1n) is 9.45. The van der Waals surface area contributed by atoms with Crippen LogP contribution in [0.25, 0.3) is 0 Å².